The molecule has 3 amide bonds. The predicted molar refractivity (Wildman–Crippen MR) is 129 cm³/mol. The summed E-state index contributed by atoms with van der Waals surface area (Å²) in [4.78, 5) is 30.1. The van der Waals surface area contributed by atoms with Crippen molar-refractivity contribution in [3.63, 3.8) is 0 Å². The second-order valence-corrected chi connectivity index (χ2v) is 11.2. The van der Waals surface area contributed by atoms with Gasteiger partial charge in [0.25, 0.3) is 5.92 Å². The maximum Gasteiger partial charge on any atom is 0.318 e. The van der Waals surface area contributed by atoms with Gasteiger partial charge in [0.15, 0.2) is 0 Å². The number of piperidine rings is 1. The van der Waals surface area contributed by atoms with E-state index < -0.39 is 48.1 Å². The van der Waals surface area contributed by atoms with E-state index in [1.54, 1.807) is 4.90 Å². The standard InChI is InChI=1S/C27H33F3N4O2/c1-2-26(9-10-26)32-23(35)22(16-27(29,30)15-19-3-5-20(28)6-4-19)31-24(36)34-17-25(18-34)11-13-33(14-12-25)21-7-8-21/h1,3-6,21-22H,7-18H2,(H,31,36)(H,32,35)/t22-/m0/s1. The molecule has 1 aromatic carbocycles. The molecule has 5 rings (SSSR count). The minimum Gasteiger partial charge on any atom is -0.338 e. The number of rotatable bonds is 8. The number of nitrogens with one attached hydrogen (secondary N) is 2. The first kappa shape index (κ1) is 24.9. The van der Waals surface area contributed by atoms with Crippen molar-refractivity contribution >= 4 is 11.9 Å². The third kappa shape index (κ3) is 5.64. The van der Waals surface area contributed by atoms with Crippen LogP contribution in [0.2, 0.25) is 0 Å². The highest BCUT2D eigenvalue weighted by molar-refractivity contribution is 5.88. The lowest BCUT2D eigenvalue weighted by atomic mass is 9.72. The Morgan fingerprint density at radius 3 is 2.31 bits per heavy atom. The maximum atomic E-state index is 15.0. The second kappa shape index (κ2) is 9.29. The molecule has 0 radical (unpaired) electrons. The van der Waals surface area contributed by atoms with Crippen LogP contribution >= 0.6 is 0 Å². The number of terminal acetylenes is 1. The molecule has 4 aliphatic rings. The summed E-state index contributed by atoms with van der Waals surface area (Å²) in [5.41, 5.74) is -0.478. The monoisotopic (exact) mass is 502 g/mol. The van der Waals surface area contributed by atoms with Crippen molar-refractivity contribution in [2.45, 2.75) is 74.9 Å². The normalized spacial score (nSPS) is 23.3. The van der Waals surface area contributed by atoms with Gasteiger partial charge in [-0.1, -0.05) is 18.1 Å². The van der Waals surface area contributed by atoms with Gasteiger partial charge < -0.3 is 20.4 Å². The summed E-state index contributed by atoms with van der Waals surface area (Å²) in [5.74, 6) is -2.00. The van der Waals surface area contributed by atoms with Gasteiger partial charge in [0.1, 0.15) is 17.4 Å². The SMILES string of the molecule is C#CC1(NC(=O)[C@H](CC(F)(F)Cc2ccc(F)cc2)NC(=O)N2CC3(CCN(C4CC4)CC3)C2)CC1. The van der Waals surface area contributed by atoms with Gasteiger partial charge in [-0.05, 0) is 69.3 Å². The van der Waals surface area contributed by atoms with E-state index in [-0.39, 0.29) is 11.0 Å². The molecule has 2 aliphatic carbocycles. The summed E-state index contributed by atoms with van der Waals surface area (Å²) < 4.78 is 43.2. The van der Waals surface area contributed by atoms with Crippen molar-refractivity contribution < 1.29 is 22.8 Å². The lowest BCUT2D eigenvalue weighted by Gasteiger charge is -2.54. The first-order valence-electron chi connectivity index (χ1n) is 12.8. The van der Waals surface area contributed by atoms with Crippen LogP contribution < -0.4 is 10.6 Å². The fraction of sp³-hybridized carbons (Fsp3) is 0.630. The summed E-state index contributed by atoms with van der Waals surface area (Å²) in [6.07, 6.45) is 9.72. The number of amides is 3. The number of alkyl halides is 2. The molecule has 9 heteroatoms. The van der Waals surface area contributed by atoms with Crippen LogP contribution in [-0.4, -0.2) is 71.5 Å². The van der Waals surface area contributed by atoms with Gasteiger partial charge in [0, 0.05) is 37.4 Å². The van der Waals surface area contributed by atoms with E-state index in [4.69, 9.17) is 6.42 Å². The van der Waals surface area contributed by atoms with Crippen molar-refractivity contribution in [3.8, 4) is 12.3 Å². The zero-order valence-corrected chi connectivity index (χ0v) is 20.4. The molecule has 0 bridgehead atoms. The second-order valence-electron chi connectivity index (χ2n) is 11.2. The highest BCUT2D eigenvalue weighted by Crippen LogP contribution is 2.43. The first-order chi connectivity index (χ1) is 17.1. The number of halogens is 3. The number of carbonyl (C=O) groups is 2. The molecule has 2 saturated carbocycles. The van der Waals surface area contributed by atoms with Crippen LogP contribution in [0.1, 0.15) is 50.5 Å². The molecule has 1 aromatic rings. The Bertz CT molecular complexity index is 1030. The smallest absolute Gasteiger partial charge is 0.318 e. The van der Waals surface area contributed by atoms with Crippen LogP contribution in [0.25, 0.3) is 0 Å². The molecule has 2 heterocycles. The molecule has 0 unspecified atom stereocenters. The van der Waals surface area contributed by atoms with Gasteiger partial charge in [-0.3, -0.25) is 4.79 Å². The number of carbonyl (C=O) groups excluding carboxylic acids is 2. The first-order valence-corrected chi connectivity index (χ1v) is 12.8. The van der Waals surface area contributed by atoms with Crippen LogP contribution in [0.15, 0.2) is 24.3 Å². The fourth-order valence-corrected chi connectivity index (χ4v) is 5.50. The van der Waals surface area contributed by atoms with Gasteiger partial charge in [0.05, 0.1) is 0 Å². The van der Waals surface area contributed by atoms with E-state index in [1.807, 2.05) is 0 Å². The van der Waals surface area contributed by atoms with Crippen molar-refractivity contribution in [1.29, 1.82) is 0 Å². The van der Waals surface area contributed by atoms with E-state index in [9.17, 15) is 14.0 Å². The Balaban J connectivity index is 1.20. The molecule has 6 nitrogen and oxygen atoms in total. The Kier molecular flexibility index (Phi) is 6.44. The van der Waals surface area contributed by atoms with Crippen LogP contribution in [0.3, 0.4) is 0 Å². The quantitative estimate of drug-likeness (QED) is 0.537. The van der Waals surface area contributed by atoms with Gasteiger partial charge in [-0.25, -0.2) is 18.0 Å². The number of hydrogen-bond donors (Lipinski definition) is 2. The topological polar surface area (TPSA) is 64.7 Å². The Morgan fingerprint density at radius 1 is 1.11 bits per heavy atom. The molecule has 194 valence electrons. The molecule has 2 aliphatic heterocycles. The van der Waals surface area contributed by atoms with Crippen molar-refractivity contribution in [2.24, 2.45) is 5.41 Å². The zero-order valence-electron chi connectivity index (χ0n) is 20.4. The number of urea groups is 1. The highest BCUT2D eigenvalue weighted by Gasteiger charge is 2.50. The molecule has 2 N–H and O–H groups in total. The molecule has 1 spiro atoms. The van der Waals surface area contributed by atoms with Gasteiger partial charge >= 0.3 is 6.03 Å². The highest BCUT2D eigenvalue weighted by atomic mass is 19.3. The molecule has 0 aromatic heterocycles. The molecule has 36 heavy (non-hydrogen) atoms. The lowest BCUT2D eigenvalue weighted by Crippen LogP contribution is -2.65. The van der Waals surface area contributed by atoms with Crippen molar-refractivity contribution in [2.75, 3.05) is 26.2 Å². The van der Waals surface area contributed by atoms with Crippen LogP contribution in [0.4, 0.5) is 18.0 Å². The summed E-state index contributed by atoms with van der Waals surface area (Å²) in [7, 11) is 0. The lowest BCUT2D eigenvalue weighted by molar-refractivity contribution is -0.126. The molecule has 2 saturated heterocycles. The fourth-order valence-electron chi connectivity index (χ4n) is 5.50. The third-order valence-electron chi connectivity index (χ3n) is 8.14. The summed E-state index contributed by atoms with van der Waals surface area (Å²) in [6.45, 7) is 3.22. The van der Waals surface area contributed by atoms with E-state index in [0.29, 0.717) is 25.9 Å². The average Bonchev–Trinajstić information content (AvgIpc) is 3.74. The average molecular weight is 503 g/mol. The molecule has 1 atom stereocenters. The molecular weight excluding hydrogens is 469 g/mol. The Morgan fingerprint density at radius 2 is 1.75 bits per heavy atom. The van der Waals surface area contributed by atoms with Gasteiger partial charge in [-0.15, -0.1) is 6.42 Å². The van der Waals surface area contributed by atoms with E-state index in [0.717, 1.165) is 44.1 Å². The summed E-state index contributed by atoms with van der Waals surface area (Å²) in [5, 5.41) is 5.23. The summed E-state index contributed by atoms with van der Waals surface area (Å²) in [6, 6.07) is 3.62. The van der Waals surface area contributed by atoms with Crippen LogP contribution in [0.5, 0.6) is 0 Å². The van der Waals surface area contributed by atoms with Crippen molar-refractivity contribution in [1.82, 2.24) is 20.4 Å². The minimum absolute atomic E-state index is 0.0918. The predicted octanol–water partition coefficient (Wildman–Crippen LogP) is 3.31. The number of likely N-dealkylation sites (tertiary alicyclic amines) is 2. The number of hydrogen-bond acceptors (Lipinski definition) is 3. The van der Waals surface area contributed by atoms with Crippen molar-refractivity contribution in [3.05, 3.63) is 35.6 Å². The van der Waals surface area contributed by atoms with Crippen LogP contribution in [0, 0.1) is 23.6 Å². The van der Waals surface area contributed by atoms with E-state index >= 15 is 8.78 Å². The molecule has 4 fully saturated rings. The van der Waals surface area contributed by atoms with Gasteiger partial charge in [0.2, 0.25) is 5.91 Å². The van der Waals surface area contributed by atoms with E-state index in [2.05, 4.69) is 21.5 Å². The largest absolute Gasteiger partial charge is 0.338 e. The van der Waals surface area contributed by atoms with Crippen LogP contribution in [-0.2, 0) is 11.2 Å². The Hall–Kier alpha value is -2.73. The number of benzene rings is 1. The number of nitrogens with zero attached hydrogens (tertiary/aromatic N) is 2. The maximum absolute atomic E-state index is 15.0. The zero-order chi connectivity index (χ0) is 25.6. The third-order valence-corrected chi connectivity index (χ3v) is 8.14. The minimum atomic E-state index is -3.30. The van der Waals surface area contributed by atoms with Gasteiger partial charge in [-0.2, -0.15) is 0 Å². The Labute approximate surface area is 210 Å². The van der Waals surface area contributed by atoms with E-state index in [1.165, 1.54) is 25.0 Å². The molecular formula is C27H33F3N4O2. The summed E-state index contributed by atoms with van der Waals surface area (Å²) >= 11 is 0.